The van der Waals surface area contributed by atoms with Crippen molar-refractivity contribution in [2.24, 2.45) is 11.8 Å². The fourth-order valence-electron chi connectivity index (χ4n) is 1.08. The fourth-order valence-corrected chi connectivity index (χ4v) is 1.08. The van der Waals surface area contributed by atoms with Gasteiger partial charge in [-0.15, -0.1) is 0 Å². The summed E-state index contributed by atoms with van der Waals surface area (Å²) in [6.07, 6.45) is 5.30. The molecule has 1 rings (SSSR count). The van der Waals surface area contributed by atoms with Crippen LogP contribution in [0.15, 0.2) is 36.0 Å². The van der Waals surface area contributed by atoms with Crippen molar-refractivity contribution < 1.29 is 8.78 Å². The van der Waals surface area contributed by atoms with E-state index in [0.29, 0.717) is 0 Å². The molecule has 0 aliphatic heterocycles. The van der Waals surface area contributed by atoms with E-state index in [1.54, 1.807) is 0 Å². The van der Waals surface area contributed by atoms with Gasteiger partial charge in [-0.2, -0.15) is 0 Å². The number of hydrogen-bond donors (Lipinski definition) is 0. The molecule has 0 spiro atoms. The first-order chi connectivity index (χ1) is 5.59. The Kier molecular flexibility index (Phi) is 2.79. The van der Waals surface area contributed by atoms with Crippen LogP contribution >= 0.6 is 0 Å². The molecule has 1 aliphatic carbocycles. The van der Waals surface area contributed by atoms with Crippen molar-refractivity contribution in [3.05, 3.63) is 36.0 Å². The van der Waals surface area contributed by atoms with Gasteiger partial charge in [0.15, 0.2) is 0 Å². The summed E-state index contributed by atoms with van der Waals surface area (Å²) in [5, 5.41) is 0. The smallest absolute Gasteiger partial charge is 0.119 e. The van der Waals surface area contributed by atoms with Gasteiger partial charge in [0.05, 0.1) is 0 Å². The van der Waals surface area contributed by atoms with Gasteiger partial charge < -0.3 is 0 Å². The first-order valence-electron chi connectivity index (χ1n) is 4.02. The lowest BCUT2D eigenvalue weighted by molar-refractivity contribution is 0.517. The third-order valence-corrected chi connectivity index (χ3v) is 2.08. The molecule has 66 valence electrons. The second-order valence-electron chi connectivity index (χ2n) is 3.15. The van der Waals surface area contributed by atoms with Crippen molar-refractivity contribution in [3.63, 3.8) is 0 Å². The molecule has 0 radical (unpaired) electrons. The molecule has 2 atom stereocenters. The van der Waals surface area contributed by atoms with E-state index in [9.17, 15) is 8.78 Å². The monoisotopic (exact) mass is 170 g/mol. The van der Waals surface area contributed by atoms with Gasteiger partial charge >= 0.3 is 0 Å². The summed E-state index contributed by atoms with van der Waals surface area (Å²) in [5.74, 6) is -0.642. The number of hydrogen-bond acceptors (Lipinski definition) is 0. The van der Waals surface area contributed by atoms with Gasteiger partial charge in [-0.25, -0.2) is 8.78 Å². The summed E-state index contributed by atoms with van der Waals surface area (Å²) in [6, 6.07) is 0. The SMILES string of the molecule is CC1/C=C(F)/C=C\C(F)=C/C1C. The van der Waals surface area contributed by atoms with E-state index < -0.39 is 0 Å². The van der Waals surface area contributed by atoms with Crippen LogP contribution in [0.3, 0.4) is 0 Å². The average Bonchev–Trinajstić information content (AvgIpc) is 1.99. The molecule has 12 heavy (non-hydrogen) atoms. The van der Waals surface area contributed by atoms with E-state index in [4.69, 9.17) is 0 Å². The van der Waals surface area contributed by atoms with Crippen LogP contribution in [0.5, 0.6) is 0 Å². The zero-order valence-electron chi connectivity index (χ0n) is 7.22. The predicted octanol–water partition coefficient (Wildman–Crippen LogP) is 3.54. The molecule has 0 bridgehead atoms. The number of halogens is 2. The van der Waals surface area contributed by atoms with Crippen LogP contribution < -0.4 is 0 Å². The Bertz CT molecular complexity index is 223. The van der Waals surface area contributed by atoms with Crippen LogP contribution in [-0.4, -0.2) is 0 Å². The van der Waals surface area contributed by atoms with Crippen LogP contribution in [0.4, 0.5) is 8.78 Å². The lowest BCUT2D eigenvalue weighted by Crippen LogP contribution is -2.03. The van der Waals surface area contributed by atoms with Gasteiger partial charge in [0, 0.05) is 0 Å². The largest absolute Gasteiger partial charge is 0.207 e. The summed E-state index contributed by atoms with van der Waals surface area (Å²) in [5.41, 5.74) is 0. The molecule has 0 aromatic carbocycles. The predicted molar refractivity (Wildman–Crippen MR) is 45.9 cm³/mol. The summed E-state index contributed by atoms with van der Waals surface area (Å²) >= 11 is 0. The highest BCUT2D eigenvalue weighted by molar-refractivity contribution is 5.24. The summed E-state index contributed by atoms with van der Waals surface area (Å²) < 4.78 is 25.6. The Labute approximate surface area is 71.3 Å². The third kappa shape index (κ3) is 2.29. The molecule has 0 saturated carbocycles. The maximum Gasteiger partial charge on any atom is 0.119 e. The zero-order valence-corrected chi connectivity index (χ0v) is 7.22. The van der Waals surface area contributed by atoms with Crippen molar-refractivity contribution in [1.82, 2.24) is 0 Å². The molecule has 0 heterocycles. The molecule has 2 unspecified atom stereocenters. The first kappa shape index (κ1) is 9.17. The van der Waals surface area contributed by atoms with Gasteiger partial charge in [0.2, 0.25) is 0 Å². The third-order valence-electron chi connectivity index (χ3n) is 2.08. The van der Waals surface area contributed by atoms with E-state index in [-0.39, 0.29) is 23.5 Å². The molecule has 0 N–H and O–H groups in total. The van der Waals surface area contributed by atoms with Gasteiger partial charge in [-0.3, -0.25) is 0 Å². The van der Waals surface area contributed by atoms with Crippen molar-refractivity contribution in [1.29, 1.82) is 0 Å². The van der Waals surface area contributed by atoms with Gasteiger partial charge in [0.25, 0.3) is 0 Å². The Morgan fingerprint density at radius 2 is 1.25 bits per heavy atom. The molecular weight excluding hydrogens is 158 g/mol. The Hall–Kier alpha value is -0.920. The molecule has 0 amide bonds. The molecule has 1 aliphatic rings. The van der Waals surface area contributed by atoms with E-state index >= 15 is 0 Å². The quantitative estimate of drug-likeness (QED) is 0.521. The van der Waals surface area contributed by atoms with Gasteiger partial charge in [-0.05, 0) is 36.1 Å². The minimum atomic E-state index is -0.363. The first-order valence-corrected chi connectivity index (χ1v) is 4.02. The second kappa shape index (κ2) is 3.65. The molecule has 0 aromatic rings. The van der Waals surface area contributed by atoms with Crippen LogP contribution in [0, 0.1) is 11.8 Å². The maximum absolute atomic E-state index is 12.8. The summed E-state index contributed by atoms with van der Waals surface area (Å²) in [7, 11) is 0. The van der Waals surface area contributed by atoms with Gasteiger partial charge in [-0.1, -0.05) is 13.8 Å². The van der Waals surface area contributed by atoms with Crippen molar-refractivity contribution in [2.45, 2.75) is 13.8 Å². The minimum Gasteiger partial charge on any atom is -0.207 e. The standard InChI is InChI=1S/C10H12F2/c1-7-5-9(11)3-4-10(12)6-8(7)2/h3-8H,1-2H3/b4-3-,9-5-,10-6+. The summed E-state index contributed by atoms with van der Waals surface area (Å²) in [4.78, 5) is 0. The highest BCUT2D eigenvalue weighted by Crippen LogP contribution is 2.21. The maximum atomic E-state index is 12.8. The highest BCUT2D eigenvalue weighted by Gasteiger charge is 2.10. The lowest BCUT2D eigenvalue weighted by Gasteiger charge is -2.13. The van der Waals surface area contributed by atoms with Crippen LogP contribution in [-0.2, 0) is 0 Å². The molecule has 0 fully saturated rings. The van der Waals surface area contributed by atoms with E-state index in [2.05, 4.69) is 0 Å². The van der Waals surface area contributed by atoms with Crippen LogP contribution in [0.1, 0.15) is 13.8 Å². The summed E-state index contributed by atoms with van der Waals surface area (Å²) in [6.45, 7) is 3.74. The zero-order chi connectivity index (χ0) is 9.14. The van der Waals surface area contributed by atoms with E-state index in [1.165, 1.54) is 12.2 Å². The van der Waals surface area contributed by atoms with Crippen LogP contribution in [0.25, 0.3) is 0 Å². The van der Waals surface area contributed by atoms with Crippen molar-refractivity contribution in [2.75, 3.05) is 0 Å². The Morgan fingerprint density at radius 1 is 0.917 bits per heavy atom. The molecule has 0 aromatic heterocycles. The Balaban J connectivity index is 2.94. The number of allylic oxidation sites excluding steroid dienone is 6. The van der Waals surface area contributed by atoms with Crippen LogP contribution in [0.2, 0.25) is 0 Å². The molecule has 2 heteroatoms. The number of rotatable bonds is 0. The normalized spacial score (nSPS) is 41.7. The van der Waals surface area contributed by atoms with E-state index in [0.717, 1.165) is 12.2 Å². The minimum absolute atomic E-state index is 0.0423. The molecular formula is C10H12F2. The Morgan fingerprint density at radius 3 is 1.58 bits per heavy atom. The highest BCUT2D eigenvalue weighted by atomic mass is 19.1. The topological polar surface area (TPSA) is 0 Å². The molecule has 0 saturated heterocycles. The van der Waals surface area contributed by atoms with Gasteiger partial charge in [0.1, 0.15) is 11.7 Å². The lowest BCUT2D eigenvalue weighted by atomic mass is 9.93. The molecule has 0 nitrogen and oxygen atoms in total. The van der Waals surface area contributed by atoms with Crippen molar-refractivity contribution >= 4 is 0 Å². The van der Waals surface area contributed by atoms with Crippen molar-refractivity contribution in [3.8, 4) is 0 Å². The second-order valence-corrected chi connectivity index (χ2v) is 3.15. The van der Waals surface area contributed by atoms with E-state index in [1.807, 2.05) is 13.8 Å². The average molecular weight is 170 g/mol. The fraction of sp³-hybridized carbons (Fsp3) is 0.400.